The normalized spacial score (nSPS) is 12.3. The first-order valence-corrected chi connectivity index (χ1v) is 17.7. The molecule has 9 rings (SSSR count). The molecule has 0 amide bonds. The molecule has 0 N–H and O–H groups in total. The van der Waals surface area contributed by atoms with Crippen LogP contribution in [-0.2, 0) is 0 Å². The molecule has 9 aromatic carbocycles. The highest BCUT2D eigenvalue weighted by Crippen LogP contribution is 2.39. The first-order valence-electron chi connectivity index (χ1n) is 17.7. The predicted octanol–water partition coefficient (Wildman–Crippen LogP) is 12.7. The van der Waals surface area contributed by atoms with Crippen molar-refractivity contribution in [2.24, 2.45) is 0 Å². The molecule has 0 bridgehead atoms. The van der Waals surface area contributed by atoms with Crippen molar-refractivity contribution in [3.63, 3.8) is 0 Å². The second-order valence-electron chi connectivity index (χ2n) is 13.2. The highest BCUT2D eigenvalue weighted by molar-refractivity contribution is 6.11. The van der Waals surface area contributed by atoms with Gasteiger partial charge < -0.3 is 0 Å². The number of hydrogen-bond acceptors (Lipinski definition) is 0. The van der Waals surface area contributed by atoms with Gasteiger partial charge in [-0.15, -0.1) is 0 Å². The minimum atomic E-state index is 1.19. The van der Waals surface area contributed by atoms with Crippen molar-refractivity contribution in [2.45, 2.75) is 6.92 Å². The summed E-state index contributed by atoms with van der Waals surface area (Å²) in [5.74, 6) is 0. The fourth-order valence-corrected chi connectivity index (χ4v) is 8.09. The predicted molar refractivity (Wildman–Crippen MR) is 222 cm³/mol. The molecule has 240 valence electrons. The Hall–Kier alpha value is -6.50. The largest absolute Gasteiger partial charge is 0.0990 e. The molecule has 0 aliphatic carbocycles. The van der Waals surface area contributed by atoms with Crippen molar-refractivity contribution in [1.82, 2.24) is 0 Å². The quantitative estimate of drug-likeness (QED) is 0.174. The van der Waals surface area contributed by atoms with Gasteiger partial charge in [0.25, 0.3) is 0 Å². The van der Waals surface area contributed by atoms with Crippen molar-refractivity contribution in [1.29, 1.82) is 0 Å². The summed E-state index contributed by atoms with van der Waals surface area (Å²) in [5.41, 5.74) is 9.86. The van der Waals surface area contributed by atoms with Crippen LogP contribution in [0.2, 0.25) is 0 Å². The van der Waals surface area contributed by atoms with E-state index in [1.807, 2.05) is 6.08 Å². The van der Waals surface area contributed by atoms with Crippen LogP contribution in [0.1, 0.15) is 6.92 Å². The number of hydrogen-bond donors (Lipinski definition) is 0. The minimum absolute atomic E-state index is 1.19. The Bertz CT molecular complexity index is 2920. The number of allylic oxidation sites excluding steroid dienone is 1. The lowest BCUT2D eigenvalue weighted by atomic mass is 9.86. The highest BCUT2D eigenvalue weighted by atomic mass is 14.2. The van der Waals surface area contributed by atoms with Gasteiger partial charge in [-0.2, -0.15) is 0 Å². The van der Waals surface area contributed by atoms with Crippen molar-refractivity contribution >= 4 is 55.2 Å². The van der Waals surface area contributed by atoms with Crippen molar-refractivity contribution in [3.05, 3.63) is 193 Å². The highest BCUT2D eigenvalue weighted by Gasteiger charge is 2.17. The Balaban J connectivity index is 1.21. The summed E-state index contributed by atoms with van der Waals surface area (Å²) in [6.07, 6.45) is 6.37. The monoisotopic (exact) mass is 648 g/mol. The molecule has 9 aromatic rings. The van der Waals surface area contributed by atoms with Crippen molar-refractivity contribution < 1.29 is 0 Å². The average molecular weight is 649 g/mol. The summed E-state index contributed by atoms with van der Waals surface area (Å²) >= 11 is 0. The maximum atomic E-state index is 4.15. The lowest BCUT2D eigenvalue weighted by molar-refractivity contribution is 1.51. The van der Waals surface area contributed by atoms with E-state index in [1.165, 1.54) is 98.0 Å². The van der Waals surface area contributed by atoms with Crippen molar-refractivity contribution in [3.8, 4) is 44.5 Å². The molecule has 0 saturated heterocycles. The van der Waals surface area contributed by atoms with Gasteiger partial charge in [-0.1, -0.05) is 189 Å². The van der Waals surface area contributed by atoms with E-state index in [0.29, 0.717) is 0 Å². The van der Waals surface area contributed by atoms with Gasteiger partial charge in [0.2, 0.25) is 0 Å². The Kier molecular flexibility index (Phi) is 7.64. The molecule has 0 heteroatoms. The molecule has 0 aromatic heterocycles. The van der Waals surface area contributed by atoms with Crippen LogP contribution in [0.15, 0.2) is 183 Å². The van der Waals surface area contributed by atoms with Crippen LogP contribution in [0, 0.1) is 0 Å². The van der Waals surface area contributed by atoms with E-state index in [1.54, 1.807) is 0 Å². The van der Waals surface area contributed by atoms with E-state index in [2.05, 4.69) is 196 Å². The van der Waals surface area contributed by atoms with E-state index in [-0.39, 0.29) is 0 Å². The number of fused-ring (bicyclic) bond motifs is 4. The molecule has 0 spiro atoms. The summed E-state index contributed by atoms with van der Waals surface area (Å²) in [6.45, 7) is 6.30. The van der Waals surface area contributed by atoms with Gasteiger partial charge >= 0.3 is 0 Å². The molecule has 51 heavy (non-hydrogen) atoms. The molecule has 0 aliphatic rings. The Labute approximate surface area is 298 Å². The van der Waals surface area contributed by atoms with Crippen LogP contribution in [-0.4, -0.2) is 0 Å². The van der Waals surface area contributed by atoms with E-state index in [4.69, 9.17) is 0 Å². The Morgan fingerprint density at radius 1 is 0.373 bits per heavy atom. The summed E-state index contributed by atoms with van der Waals surface area (Å²) in [5, 5.41) is 12.4. The molecule has 0 heterocycles. The van der Waals surface area contributed by atoms with Gasteiger partial charge in [0.1, 0.15) is 0 Å². The lowest BCUT2D eigenvalue weighted by Crippen LogP contribution is -2.29. The zero-order chi connectivity index (χ0) is 34.3. The van der Waals surface area contributed by atoms with E-state index in [9.17, 15) is 0 Å². The smallest absolute Gasteiger partial charge is 0.00203 e. The van der Waals surface area contributed by atoms with Gasteiger partial charge in [-0.25, -0.2) is 0 Å². The summed E-state index contributed by atoms with van der Waals surface area (Å²) in [7, 11) is 0. The fraction of sp³-hybridized carbons (Fsp3) is 0.0196. The van der Waals surface area contributed by atoms with Crippen LogP contribution in [0.5, 0.6) is 0 Å². The molecular weight excluding hydrogens is 613 g/mol. The van der Waals surface area contributed by atoms with Crippen LogP contribution in [0.4, 0.5) is 0 Å². The first kappa shape index (κ1) is 30.6. The standard InChI is InChI=1S/C51H36/c1-3-14-46-40(4-2)50(48-22-11-12-23-49(48)51(46)47-24-13-18-35-16-7-8-19-41(35)47)37-28-26-36(27-29-37)42-31-32-43(45-21-10-9-20-44(42)45)39-30-25-34-15-5-6-17-38(34)33-39/h3-33H,1H2,2H3/b40-4+,46-14+. The molecule has 0 aliphatic heterocycles. The maximum absolute atomic E-state index is 4.15. The zero-order valence-corrected chi connectivity index (χ0v) is 28.6. The first-order chi connectivity index (χ1) is 25.2. The molecule has 0 unspecified atom stereocenters. The fourth-order valence-electron chi connectivity index (χ4n) is 8.09. The van der Waals surface area contributed by atoms with Gasteiger partial charge in [0.05, 0.1) is 0 Å². The Morgan fingerprint density at radius 3 is 1.59 bits per heavy atom. The lowest BCUT2D eigenvalue weighted by Gasteiger charge is -2.17. The number of benzene rings is 9. The molecule has 0 saturated carbocycles. The Morgan fingerprint density at radius 2 is 0.902 bits per heavy atom. The van der Waals surface area contributed by atoms with E-state index in [0.717, 1.165) is 0 Å². The van der Waals surface area contributed by atoms with Crippen molar-refractivity contribution in [2.75, 3.05) is 0 Å². The summed E-state index contributed by atoms with van der Waals surface area (Å²) in [4.78, 5) is 0. The molecule has 0 nitrogen and oxygen atoms in total. The van der Waals surface area contributed by atoms with Gasteiger partial charge in [-0.05, 0) is 111 Å². The third kappa shape index (κ3) is 5.16. The minimum Gasteiger partial charge on any atom is -0.0990 e. The van der Waals surface area contributed by atoms with Crippen LogP contribution in [0.25, 0.3) is 99.7 Å². The van der Waals surface area contributed by atoms with Gasteiger partial charge in [0.15, 0.2) is 0 Å². The summed E-state index contributed by atoms with van der Waals surface area (Å²) in [6, 6.07) is 62.1. The molecule has 0 fully saturated rings. The average Bonchev–Trinajstić information content (AvgIpc) is 3.20. The van der Waals surface area contributed by atoms with Crippen LogP contribution >= 0.6 is 0 Å². The molecule has 0 radical (unpaired) electrons. The second kappa shape index (κ2) is 12.8. The van der Waals surface area contributed by atoms with Crippen LogP contribution < -0.4 is 10.4 Å². The van der Waals surface area contributed by atoms with Gasteiger partial charge in [-0.3, -0.25) is 0 Å². The topological polar surface area (TPSA) is 0 Å². The van der Waals surface area contributed by atoms with Crippen LogP contribution in [0.3, 0.4) is 0 Å². The SMILES string of the molecule is C=C/C=c1/c(-c2cccc3ccccc23)c2ccccc2c(-c2ccc(-c3ccc(-c4ccc5ccccc5c4)c4ccccc34)cc2)/c1=C/C. The van der Waals surface area contributed by atoms with E-state index < -0.39 is 0 Å². The summed E-state index contributed by atoms with van der Waals surface area (Å²) < 4.78 is 0. The molecule has 0 atom stereocenters. The number of rotatable bonds is 5. The third-order valence-electron chi connectivity index (χ3n) is 10.4. The molecular formula is C51H36. The zero-order valence-electron chi connectivity index (χ0n) is 28.6. The van der Waals surface area contributed by atoms with E-state index >= 15 is 0 Å². The maximum Gasteiger partial charge on any atom is -0.00203 e. The third-order valence-corrected chi connectivity index (χ3v) is 10.4. The van der Waals surface area contributed by atoms with Gasteiger partial charge in [0, 0.05) is 0 Å². The second-order valence-corrected chi connectivity index (χ2v) is 13.2.